The summed E-state index contributed by atoms with van der Waals surface area (Å²) in [6.07, 6.45) is 3.13. The van der Waals surface area contributed by atoms with Gasteiger partial charge in [-0.25, -0.2) is 0 Å². The lowest BCUT2D eigenvalue weighted by Crippen LogP contribution is -2.48. The van der Waals surface area contributed by atoms with Crippen LogP contribution in [0, 0.1) is 5.92 Å². The predicted molar refractivity (Wildman–Crippen MR) is 53.2 cm³/mol. The lowest BCUT2D eigenvalue weighted by molar-refractivity contribution is -0.122. The van der Waals surface area contributed by atoms with Crippen molar-refractivity contribution >= 4 is 5.91 Å². The molecule has 0 spiro atoms. The summed E-state index contributed by atoms with van der Waals surface area (Å²) in [4.78, 5) is 11.1. The highest BCUT2D eigenvalue weighted by Gasteiger charge is 2.33. The fourth-order valence-electron chi connectivity index (χ4n) is 2.03. The number of carbonyl (C=O) groups excluding carboxylic acids is 1. The minimum Gasteiger partial charge on any atom is -0.369 e. The van der Waals surface area contributed by atoms with Crippen LogP contribution in [0.4, 0.5) is 0 Å². The summed E-state index contributed by atoms with van der Waals surface area (Å²) in [5, 5.41) is 3.45. The number of nitrogens with one attached hydrogen (secondary N) is 1. The topological polar surface area (TPSA) is 55.1 Å². The molecule has 3 nitrogen and oxygen atoms in total. The van der Waals surface area contributed by atoms with Gasteiger partial charge in [-0.15, -0.1) is 0 Å². The third-order valence-corrected chi connectivity index (χ3v) is 2.50. The summed E-state index contributed by atoms with van der Waals surface area (Å²) in [5.74, 6) is -0.113. The van der Waals surface area contributed by atoms with Crippen LogP contribution < -0.4 is 11.1 Å². The second-order valence-corrected chi connectivity index (χ2v) is 4.94. The van der Waals surface area contributed by atoms with Gasteiger partial charge in [0.1, 0.15) is 0 Å². The van der Waals surface area contributed by atoms with Crippen LogP contribution in [0.1, 0.15) is 40.0 Å². The Balaban J connectivity index is 2.54. The van der Waals surface area contributed by atoms with Gasteiger partial charge >= 0.3 is 0 Å². The first-order valence-electron chi connectivity index (χ1n) is 4.97. The smallest absolute Gasteiger partial charge is 0.222 e. The van der Waals surface area contributed by atoms with Crippen LogP contribution in [0.3, 0.4) is 0 Å². The summed E-state index contributed by atoms with van der Waals surface area (Å²) in [7, 11) is 0. The lowest BCUT2D eigenvalue weighted by atomic mass is 9.99. The Bertz CT molecular complexity index is 196. The molecule has 0 unspecified atom stereocenters. The van der Waals surface area contributed by atoms with Gasteiger partial charge in [0.25, 0.3) is 0 Å². The maximum Gasteiger partial charge on any atom is 0.222 e. The zero-order chi connectivity index (χ0) is 10.1. The molecule has 0 bridgehead atoms. The van der Waals surface area contributed by atoms with E-state index in [1.807, 2.05) is 0 Å². The van der Waals surface area contributed by atoms with E-state index in [1.165, 1.54) is 0 Å². The lowest BCUT2D eigenvalue weighted by Gasteiger charge is -2.28. The fraction of sp³-hybridized carbons (Fsp3) is 0.900. The highest BCUT2D eigenvalue weighted by atomic mass is 16.1. The van der Waals surface area contributed by atoms with Crippen LogP contribution in [0.25, 0.3) is 0 Å². The van der Waals surface area contributed by atoms with Crippen LogP contribution in [0.5, 0.6) is 0 Å². The van der Waals surface area contributed by atoms with Gasteiger partial charge in [0.15, 0.2) is 0 Å². The summed E-state index contributed by atoms with van der Waals surface area (Å²) in [6, 6.07) is 0.289. The van der Waals surface area contributed by atoms with E-state index in [9.17, 15) is 4.79 Å². The number of hydrogen-bond donors (Lipinski definition) is 2. The van der Waals surface area contributed by atoms with Crippen molar-refractivity contribution in [3.8, 4) is 0 Å². The van der Waals surface area contributed by atoms with E-state index in [4.69, 9.17) is 5.73 Å². The number of rotatable bonds is 2. The Morgan fingerprint density at radius 1 is 1.38 bits per heavy atom. The highest BCUT2D eigenvalue weighted by molar-refractivity contribution is 5.77. The molecule has 0 radical (unpaired) electrons. The largest absolute Gasteiger partial charge is 0.369 e. The van der Waals surface area contributed by atoms with Gasteiger partial charge in [-0.2, -0.15) is 0 Å². The molecular weight excluding hydrogens is 164 g/mol. The van der Waals surface area contributed by atoms with Crippen molar-refractivity contribution in [3.63, 3.8) is 0 Å². The Labute approximate surface area is 80.1 Å². The van der Waals surface area contributed by atoms with E-state index in [0.717, 1.165) is 19.3 Å². The van der Waals surface area contributed by atoms with Crippen molar-refractivity contribution in [3.05, 3.63) is 0 Å². The molecule has 0 heterocycles. The molecule has 1 rings (SSSR count). The second kappa shape index (κ2) is 3.66. The van der Waals surface area contributed by atoms with Crippen molar-refractivity contribution in [2.24, 2.45) is 11.7 Å². The Kier molecular flexibility index (Phi) is 2.96. The van der Waals surface area contributed by atoms with Gasteiger partial charge in [-0.3, -0.25) is 4.79 Å². The van der Waals surface area contributed by atoms with E-state index in [1.54, 1.807) is 0 Å². The normalized spacial score (nSPS) is 29.2. The van der Waals surface area contributed by atoms with Crippen molar-refractivity contribution in [2.75, 3.05) is 0 Å². The molecule has 0 aromatic heterocycles. The van der Waals surface area contributed by atoms with Gasteiger partial charge in [0.2, 0.25) is 5.91 Å². The number of carbonyl (C=O) groups is 1. The van der Waals surface area contributed by atoms with E-state index >= 15 is 0 Å². The fourth-order valence-corrected chi connectivity index (χ4v) is 2.03. The van der Waals surface area contributed by atoms with Crippen LogP contribution in [0.15, 0.2) is 0 Å². The summed E-state index contributed by atoms with van der Waals surface area (Å²) >= 11 is 0. The molecular formula is C10H20N2O. The Morgan fingerprint density at radius 2 is 2.00 bits per heavy atom. The first-order chi connectivity index (χ1) is 5.90. The third-order valence-electron chi connectivity index (χ3n) is 2.50. The average molecular weight is 184 g/mol. The molecule has 0 aliphatic heterocycles. The van der Waals surface area contributed by atoms with Gasteiger partial charge < -0.3 is 11.1 Å². The molecule has 0 aromatic rings. The zero-order valence-electron chi connectivity index (χ0n) is 8.76. The maximum absolute atomic E-state index is 11.1. The summed E-state index contributed by atoms with van der Waals surface area (Å²) in [6.45, 7) is 6.34. The summed E-state index contributed by atoms with van der Waals surface area (Å²) < 4.78 is 0. The average Bonchev–Trinajstić information content (AvgIpc) is 2.31. The van der Waals surface area contributed by atoms with Gasteiger partial charge in [-0.05, 0) is 33.6 Å². The van der Waals surface area contributed by atoms with Crippen LogP contribution >= 0.6 is 0 Å². The van der Waals surface area contributed by atoms with Crippen LogP contribution in [0.2, 0.25) is 0 Å². The van der Waals surface area contributed by atoms with E-state index in [-0.39, 0.29) is 23.4 Å². The quantitative estimate of drug-likeness (QED) is 0.673. The molecule has 3 N–H and O–H groups in total. The minimum absolute atomic E-state index is 0.0409. The third kappa shape index (κ3) is 2.99. The van der Waals surface area contributed by atoms with Gasteiger partial charge in [-0.1, -0.05) is 6.42 Å². The van der Waals surface area contributed by atoms with Gasteiger partial charge in [0.05, 0.1) is 5.92 Å². The Hall–Kier alpha value is -0.570. The van der Waals surface area contributed by atoms with Crippen LogP contribution in [-0.4, -0.2) is 17.5 Å². The van der Waals surface area contributed by atoms with E-state index in [0.29, 0.717) is 0 Å². The van der Waals surface area contributed by atoms with Gasteiger partial charge in [0, 0.05) is 11.6 Å². The molecule has 1 aliphatic rings. The molecule has 2 atom stereocenters. The van der Waals surface area contributed by atoms with Crippen molar-refractivity contribution < 1.29 is 4.79 Å². The van der Waals surface area contributed by atoms with Crippen molar-refractivity contribution in [1.29, 1.82) is 0 Å². The first kappa shape index (κ1) is 10.5. The number of primary amides is 1. The monoisotopic (exact) mass is 184 g/mol. The summed E-state index contributed by atoms with van der Waals surface area (Å²) in [5.41, 5.74) is 5.40. The number of hydrogen-bond acceptors (Lipinski definition) is 2. The molecule has 0 aromatic carbocycles. The van der Waals surface area contributed by atoms with Crippen molar-refractivity contribution in [2.45, 2.75) is 51.6 Å². The Morgan fingerprint density at radius 3 is 2.46 bits per heavy atom. The molecule has 1 amide bonds. The standard InChI is InChI=1S/C10H20N2O/c1-10(2,3)12-8-6-4-5-7(8)9(11)13/h7-8,12H,4-6H2,1-3H3,(H2,11,13)/t7-,8+/m1/s1. The molecule has 76 valence electrons. The SMILES string of the molecule is CC(C)(C)N[C@H]1CCC[C@H]1C(N)=O. The maximum atomic E-state index is 11.1. The molecule has 3 heteroatoms. The first-order valence-corrected chi connectivity index (χ1v) is 4.97. The molecule has 13 heavy (non-hydrogen) atoms. The molecule has 1 aliphatic carbocycles. The highest BCUT2D eigenvalue weighted by Crippen LogP contribution is 2.26. The van der Waals surface area contributed by atoms with Crippen LogP contribution in [-0.2, 0) is 4.79 Å². The van der Waals surface area contributed by atoms with E-state index < -0.39 is 0 Å². The molecule has 1 saturated carbocycles. The second-order valence-electron chi connectivity index (χ2n) is 4.94. The molecule has 0 saturated heterocycles. The predicted octanol–water partition coefficient (Wildman–Crippen LogP) is 1.03. The minimum atomic E-state index is -0.153. The zero-order valence-corrected chi connectivity index (χ0v) is 8.76. The molecule has 1 fully saturated rings. The number of amides is 1. The van der Waals surface area contributed by atoms with Crippen molar-refractivity contribution in [1.82, 2.24) is 5.32 Å². The number of nitrogens with two attached hydrogens (primary N) is 1. The van der Waals surface area contributed by atoms with E-state index in [2.05, 4.69) is 26.1 Å².